The summed E-state index contributed by atoms with van der Waals surface area (Å²) in [5, 5.41) is 17.7. The van der Waals surface area contributed by atoms with Crippen LogP contribution in [0.5, 0.6) is 5.75 Å². The van der Waals surface area contributed by atoms with Crippen LogP contribution in [0.25, 0.3) is 0 Å². The van der Waals surface area contributed by atoms with Gasteiger partial charge in [-0.2, -0.15) is 0 Å². The van der Waals surface area contributed by atoms with Crippen LogP contribution in [0, 0.1) is 11.3 Å². The van der Waals surface area contributed by atoms with Crippen LogP contribution in [0.1, 0.15) is 37.3 Å². The summed E-state index contributed by atoms with van der Waals surface area (Å²) in [5.41, 5.74) is 2.20. The van der Waals surface area contributed by atoms with Crippen LogP contribution in [0.4, 0.5) is 0 Å². The summed E-state index contributed by atoms with van der Waals surface area (Å²) in [5.74, 6) is 1.87. The maximum atomic E-state index is 9.89. The minimum Gasteiger partial charge on any atom is -0.508 e. The molecule has 0 spiro atoms. The molecule has 0 saturated heterocycles. The zero-order chi connectivity index (χ0) is 18.0. The van der Waals surface area contributed by atoms with Crippen molar-refractivity contribution in [2.24, 2.45) is 11.3 Å². The fourth-order valence-corrected chi connectivity index (χ4v) is 3.69. The number of para-hydroxylation sites is 1. The second-order valence-electron chi connectivity index (χ2n) is 8.04. The van der Waals surface area contributed by atoms with E-state index in [1.54, 1.807) is 6.07 Å². The molecule has 1 aliphatic carbocycles. The lowest BCUT2D eigenvalue weighted by atomic mass is 9.57. The van der Waals surface area contributed by atoms with Gasteiger partial charge >= 0.3 is 0 Å². The molecule has 2 aromatic rings. The van der Waals surface area contributed by atoms with Gasteiger partial charge in [-0.1, -0.05) is 37.2 Å². The Morgan fingerprint density at radius 2 is 2.08 bits per heavy atom. The number of aromatic nitrogens is 1. The largest absolute Gasteiger partial charge is 0.508 e. The maximum Gasteiger partial charge on any atom is 0.150 e. The number of hydrogen-bond donors (Lipinski definition) is 2. The summed E-state index contributed by atoms with van der Waals surface area (Å²) in [6, 6.07) is 10.0. The summed E-state index contributed by atoms with van der Waals surface area (Å²) in [6.45, 7) is 6.10. The minimum absolute atomic E-state index is 0.199. The van der Waals surface area contributed by atoms with Crippen LogP contribution >= 0.6 is 0 Å². The SMILES string of the molecule is CN(C)Cc1cc(C[C@@H]2C[C@H](NCc3ccccc3O)C2(C)C)no1. The van der Waals surface area contributed by atoms with Crippen molar-refractivity contribution in [1.29, 1.82) is 0 Å². The molecule has 0 radical (unpaired) electrons. The van der Waals surface area contributed by atoms with Crippen LogP contribution in [0.15, 0.2) is 34.9 Å². The molecule has 25 heavy (non-hydrogen) atoms. The fourth-order valence-electron chi connectivity index (χ4n) is 3.69. The Bertz CT molecular complexity index is 708. The number of phenols is 1. The molecule has 2 atom stereocenters. The van der Waals surface area contributed by atoms with Gasteiger partial charge in [0.15, 0.2) is 5.76 Å². The van der Waals surface area contributed by atoms with E-state index in [0.29, 0.717) is 24.3 Å². The third kappa shape index (κ3) is 4.05. The van der Waals surface area contributed by atoms with Crippen molar-refractivity contribution in [1.82, 2.24) is 15.4 Å². The monoisotopic (exact) mass is 343 g/mol. The van der Waals surface area contributed by atoms with Gasteiger partial charge in [0.1, 0.15) is 5.75 Å². The number of hydrogen-bond acceptors (Lipinski definition) is 5. The second-order valence-corrected chi connectivity index (χ2v) is 8.04. The van der Waals surface area contributed by atoms with Crippen LogP contribution in [-0.2, 0) is 19.5 Å². The normalized spacial score (nSPS) is 22.1. The highest BCUT2D eigenvalue weighted by Gasteiger charge is 2.47. The molecule has 0 aliphatic heterocycles. The standard InChI is InChI=1S/C20H29N3O2/c1-20(2)15(9-16-11-17(25-22-16)13-23(3)4)10-19(20)21-12-14-7-5-6-8-18(14)24/h5-8,11,15,19,21,24H,9-10,12-13H2,1-4H3/t15-,19+/m1/s1. The zero-order valence-corrected chi connectivity index (χ0v) is 15.6. The number of nitrogens with one attached hydrogen (secondary N) is 1. The number of phenolic OH excluding ortho intramolecular Hbond substituents is 1. The van der Waals surface area contributed by atoms with Crippen LogP contribution < -0.4 is 5.32 Å². The Morgan fingerprint density at radius 3 is 2.76 bits per heavy atom. The van der Waals surface area contributed by atoms with E-state index >= 15 is 0 Å². The Balaban J connectivity index is 1.53. The fraction of sp³-hybridized carbons (Fsp3) is 0.550. The lowest BCUT2D eigenvalue weighted by Crippen LogP contribution is -2.57. The first kappa shape index (κ1) is 18.0. The van der Waals surface area contributed by atoms with E-state index in [9.17, 15) is 5.11 Å². The molecule has 0 unspecified atom stereocenters. The zero-order valence-electron chi connectivity index (χ0n) is 15.6. The highest BCUT2D eigenvalue weighted by molar-refractivity contribution is 5.31. The highest BCUT2D eigenvalue weighted by atomic mass is 16.5. The molecule has 1 heterocycles. The first-order valence-electron chi connectivity index (χ1n) is 8.95. The van der Waals surface area contributed by atoms with Crippen molar-refractivity contribution >= 4 is 0 Å². The smallest absolute Gasteiger partial charge is 0.150 e. The van der Waals surface area contributed by atoms with Crippen molar-refractivity contribution in [3.05, 3.63) is 47.3 Å². The van der Waals surface area contributed by atoms with Crippen molar-refractivity contribution in [2.45, 2.75) is 45.8 Å². The Hall–Kier alpha value is -1.85. The molecule has 5 nitrogen and oxygen atoms in total. The van der Waals surface area contributed by atoms with Crippen LogP contribution in [-0.4, -0.2) is 35.3 Å². The molecule has 1 aromatic carbocycles. The van der Waals surface area contributed by atoms with Gasteiger partial charge in [0, 0.05) is 24.2 Å². The van der Waals surface area contributed by atoms with E-state index in [1.165, 1.54) is 0 Å². The van der Waals surface area contributed by atoms with Crippen molar-refractivity contribution in [2.75, 3.05) is 14.1 Å². The lowest BCUT2D eigenvalue weighted by molar-refractivity contribution is 0.0124. The molecule has 1 aliphatic rings. The van der Waals surface area contributed by atoms with Crippen molar-refractivity contribution < 1.29 is 9.63 Å². The van der Waals surface area contributed by atoms with Gasteiger partial charge in [-0.15, -0.1) is 0 Å². The molecule has 1 aromatic heterocycles. The molecule has 3 rings (SSSR count). The van der Waals surface area contributed by atoms with Gasteiger partial charge in [0.25, 0.3) is 0 Å². The van der Waals surface area contributed by atoms with Gasteiger partial charge < -0.3 is 19.8 Å². The molecule has 1 saturated carbocycles. The van der Waals surface area contributed by atoms with Gasteiger partial charge in [-0.3, -0.25) is 0 Å². The predicted octanol–water partition coefficient (Wildman–Crippen LogP) is 3.19. The summed E-state index contributed by atoms with van der Waals surface area (Å²) < 4.78 is 5.42. The van der Waals surface area contributed by atoms with Crippen LogP contribution in [0.3, 0.4) is 0 Å². The Labute approximate surface area is 150 Å². The van der Waals surface area contributed by atoms with Gasteiger partial charge in [0.2, 0.25) is 0 Å². The summed E-state index contributed by atoms with van der Waals surface area (Å²) in [4.78, 5) is 2.08. The predicted molar refractivity (Wildman–Crippen MR) is 98.2 cm³/mol. The van der Waals surface area contributed by atoms with E-state index in [2.05, 4.69) is 35.3 Å². The molecule has 136 valence electrons. The average molecular weight is 343 g/mol. The van der Waals surface area contributed by atoms with Crippen molar-refractivity contribution in [3.8, 4) is 5.75 Å². The van der Waals surface area contributed by atoms with Gasteiger partial charge in [0.05, 0.1) is 12.2 Å². The Morgan fingerprint density at radius 1 is 1.32 bits per heavy atom. The molecular weight excluding hydrogens is 314 g/mol. The summed E-state index contributed by atoms with van der Waals surface area (Å²) >= 11 is 0. The number of aromatic hydroxyl groups is 1. The molecule has 0 bridgehead atoms. The van der Waals surface area contributed by atoms with Crippen molar-refractivity contribution in [3.63, 3.8) is 0 Å². The van der Waals surface area contributed by atoms with E-state index in [-0.39, 0.29) is 5.41 Å². The third-order valence-electron chi connectivity index (χ3n) is 5.54. The molecule has 1 fully saturated rings. The molecular formula is C20H29N3O2. The molecule has 2 N–H and O–H groups in total. The lowest BCUT2D eigenvalue weighted by Gasteiger charge is -2.52. The number of nitrogens with zero attached hydrogens (tertiary/aromatic N) is 2. The van der Waals surface area contributed by atoms with E-state index in [0.717, 1.165) is 36.4 Å². The number of rotatable bonds is 7. The maximum absolute atomic E-state index is 9.89. The quantitative estimate of drug-likeness (QED) is 0.808. The molecule has 5 heteroatoms. The Kier molecular flexibility index (Phi) is 5.16. The first-order valence-corrected chi connectivity index (χ1v) is 8.95. The topological polar surface area (TPSA) is 61.5 Å². The van der Waals surface area contributed by atoms with E-state index < -0.39 is 0 Å². The van der Waals surface area contributed by atoms with E-state index in [4.69, 9.17) is 4.52 Å². The van der Waals surface area contributed by atoms with Crippen LogP contribution in [0.2, 0.25) is 0 Å². The number of benzene rings is 1. The highest BCUT2D eigenvalue weighted by Crippen LogP contribution is 2.48. The average Bonchev–Trinajstić information content (AvgIpc) is 2.98. The first-order chi connectivity index (χ1) is 11.9. The second kappa shape index (κ2) is 7.18. The molecule has 0 amide bonds. The summed E-state index contributed by atoms with van der Waals surface area (Å²) in [6.07, 6.45) is 2.08. The third-order valence-corrected chi connectivity index (χ3v) is 5.54. The van der Waals surface area contributed by atoms with Gasteiger partial charge in [-0.25, -0.2) is 0 Å². The minimum atomic E-state index is 0.199. The van der Waals surface area contributed by atoms with Gasteiger partial charge in [-0.05, 0) is 44.3 Å². The summed E-state index contributed by atoms with van der Waals surface area (Å²) in [7, 11) is 4.05. The van der Waals surface area contributed by atoms with E-state index in [1.807, 2.05) is 32.3 Å².